The number of hydrogen-bond donors (Lipinski definition) is 10. The van der Waals surface area contributed by atoms with E-state index in [1.54, 1.807) is 94.6 Å². The van der Waals surface area contributed by atoms with Crippen LogP contribution in [0.5, 0.6) is 0 Å². The second-order valence-electron chi connectivity index (χ2n) is 20.2. The lowest BCUT2D eigenvalue weighted by Gasteiger charge is -2.09. The zero-order valence-electron chi connectivity index (χ0n) is 51.5. The maximum Gasteiger partial charge on any atom is 0.314 e. The molecule has 0 aliphatic heterocycles. The Hall–Kier alpha value is -8.91. The number of rotatable bonds is 8. The molecule has 502 valence electrons. The lowest BCUT2D eigenvalue weighted by Crippen LogP contribution is -2.17. The fraction of sp³-hybridized carbons (Fsp3) is 0.172. The second-order valence-corrected chi connectivity index (χ2v) is 28.3. The third-order valence-electron chi connectivity index (χ3n) is 12.3. The number of nitrogens with zero attached hydrogens (tertiary/aromatic N) is 15. The molecule has 31 nitrogen and oxygen atoms in total. The number of aromatic nitrogens is 19. The monoisotopic (exact) mass is 1780 g/mol. The molecule has 12 heterocycles. The van der Waals surface area contributed by atoms with Crippen molar-refractivity contribution in [2.24, 2.45) is 11.8 Å². The number of anilines is 5. The van der Waals surface area contributed by atoms with Crippen LogP contribution in [0.2, 0.25) is 0 Å². The Balaban J connectivity index is 0.000000166. The van der Waals surface area contributed by atoms with Crippen molar-refractivity contribution in [3.05, 3.63) is 153 Å². The smallest absolute Gasteiger partial charge is 0.314 e. The van der Waals surface area contributed by atoms with Gasteiger partial charge in [-0.15, -0.1) is 0 Å². The van der Waals surface area contributed by atoms with Gasteiger partial charge in [-0.05, 0) is 156 Å². The molecule has 1 aromatic carbocycles. The molecule has 0 fully saturated rings. The predicted molar refractivity (Wildman–Crippen MR) is 395 cm³/mol. The summed E-state index contributed by atoms with van der Waals surface area (Å²) in [6.07, 6.45) is 19.2. The van der Waals surface area contributed by atoms with Crippen molar-refractivity contribution in [3.8, 4) is 23.1 Å². The van der Waals surface area contributed by atoms with Gasteiger partial charge in [0, 0.05) is 42.2 Å². The van der Waals surface area contributed by atoms with Crippen LogP contribution in [0.15, 0.2) is 142 Å². The highest BCUT2D eigenvalue weighted by Crippen LogP contribution is 2.28. The number of sulfone groups is 1. The summed E-state index contributed by atoms with van der Waals surface area (Å²) in [5, 5.41) is 15.6. The van der Waals surface area contributed by atoms with Crippen molar-refractivity contribution < 1.29 is 22.9 Å². The Morgan fingerprint density at radius 2 is 0.969 bits per heavy atom. The van der Waals surface area contributed by atoms with Crippen molar-refractivity contribution in [3.63, 3.8) is 0 Å². The number of H-pyrrole nitrogens is 5. The van der Waals surface area contributed by atoms with E-state index in [0.29, 0.717) is 107 Å². The van der Waals surface area contributed by atoms with Gasteiger partial charge in [-0.25, -0.2) is 78.2 Å². The molecule has 0 saturated carbocycles. The van der Waals surface area contributed by atoms with E-state index in [1.165, 1.54) is 18.6 Å². The molecule has 0 radical (unpaired) electrons. The van der Waals surface area contributed by atoms with E-state index < -0.39 is 20.0 Å². The summed E-state index contributed by atoms with van der Waals surface area (Å²) in [6.45, 7) is 12.3. The van der Waals surface area contributed by atoms with Gasteiger partial charge in [-0.2, -0.15) is 0 Å². The molecule has 13 aromatic rings. The van der Waals surface area contributed by atoms with Crippen LogP contribution in [0.1, 0.15) is 54.2 Å². The summed E-state index contributed by atoms with van der Waals surface area (Å²) in [7, 11) is -3.32. The SMILES string of the molecule is Brc1cnc2[nH]ccc2n1.CC#Cc1nc(Br)cnc1N.CC(C)C(=O)Nc1c[nH]c2ncc(-c3ccc(S(=O)(=O)C(C)C)cc3)nc12.CC(C)C(=O)Nc1c[nH]c2ncc(Br)nc12.Nc1c[nH]c2ncc(Br)nc12.Nc1ncc(Br)nc1Br.O=[N+]([O-])c1c[nH]c2ncc(Br)nc12. The number of hydrogen-bond acceptors (Lipinski definition) is 23. The number of nitrogen functional groups attached to an aromatic ring is 3. The van der Waals surface area contributed by atoms with Gasteiger partial charge in [-0.1, -0.05) is 45.7 Å². The number of aromatic amines is 5. The Morgan fingerprint density at radius 1 is 0.526 bits per heavy atom. The van der Waals surface area contributed by atoms with Crippen molar-refractivity contribution in [2.75, 3.05) is 27.8 Å². The maximum absolute atomic E-state index is 12.2. The fourth-order valence-corrected chi connectivity index (χ4v) is 10.7. The molecular weight excluding hydrogens is 1730 g/mol. The fourth-order valence-electron chi connectivity index (χ4n) is 7.37. The van der Waals surface area contributed by atoms with Gasteiger partial charge in [0.05, 0.1) is 87.4 Å². The first-order valence-electron chi connectivity index (χ1n) is 27.8. The van der Waals surface area contributed by atoms with E-state index in [2.05, 4.69) is 229 Å². The van der Waals surface area contributed by atoms with Gasteiger partial charge in [0.1, 0.15) is 54.3 Å². The summed E-state index contributed by atoms with van der Waals surface area (Å²) in [5.41, 5.74) is 26.3. The normalized spacial score (nSPS) is 10.7. The number of carbonyl (C=O) groups excluding carboxylic acids is 2. The van der Waals surface area contributed by atoms with E-state index in [-0.39, 0.29) is 39.7 Å². The third kappa shape index (κ3) is 21.0. The van der Waals surface area contributed by atoms with Gasteiger partial charge in [0.2, 0.25) is 11.8 Å². The standard InChI is InChI=1S/C19H22N4O3S.C10H11BrN4O.C7H6BrN3.C6H3BrN4O2.C6H5BrN4.C6H4BrN3.C4H3Br2N3/c1-11(2)19(24)23-16-10-21-18-17(16)22-15(9-20-18)13-5-7-14(8-6-13)27(25,26)12(3)4;1-5(2)10(16)14-6-3-12-9-8(6)15-7(11)4-13-9;1-2-3-5-7(9)10-4-6(8)11-5;7-4-2-9-6-5(10-4)3(1-8-6)11(12)13;7-4-2-10-6-5(11-4)3(8)1-9-6;7-5-3-9-6-4(10-5)1-2-8-6;5-2-1-8-4(7)3(6)9-2/h5-12H,1-4H3,(H,20,21)(H,23,24);3-5H,1-2H3,(H,12,13)(H,14,16);4H,1H3,(H2,9,10);1-2H,(H,8,9);1-2H,8H2,(H,9,10);1-3H,(H,8,9);1H,(H2,7,8). The average molecular weight is 1790 g/mol. The minimum absolute atomic E-state index is 0.0392. The number of halogens is 7. The van der Waals surface area contributed by atoms with Crippen molar-refractivity contribution in [1.82, 2.24) is 94.7 Å². The van der Waals surface area contributed by atoms with E-state index >= 15 is 0 Å². The Labute approximate surface area is 609 Å². The van der Waals surface area contributed by atoms with Crippen LogP contribution in [-0.4, -0.2) is 125 Å². The average Bonchev–Trinajstić information content (AvgIpc) is 1.76. The molecule has 97 heavy (non-hydrogen) atoms. The number of nitrogens with two attached hydrogens (primary N) is 3. The van der Waals surface area contributed by atoms with Gasteiger partial charge in [0.15, 0.2) is 60.9 Å². The van der Waals surface area contributed by atoms with Crippen molar-refractivity contribution in [1.29, 1.82) is 0 Å². The maximum atomic E-state index is 12.2. The number of fused-ring (bicyclic) bond motifs is 5. The summed E-state index contributed by atoms with van der Waals surface area (Å²) in [4.78, 5) is 105. The largest absolute Gasteiger partial charge is 0.396 e. The Kier molecular flexibility index (Phi) is 27.1. The van der Waals surface area contributed by atoms with Crippen molar-refractivity contribution >= 4 is 223 Å². The molecule has 0 saturated heterocycles. The van der Waals surface area contributed by atoms with Crippen LogP contribution in [0.4, 0.5) is 34.4 Å². The molecule has 0 unspecified atom stereocenters. The first kappa shape index (κ1) is 75.5. The topological polar surface area (TPSA) is 473 Å². The highest BCUT2D eigenvalue weighted by molar-refractivity contribution is 9.11. The van der Waals surface area contributed by atoms with Crippen LogP contribution in [0.25, 0.3) is 67.1 Å². The van der Waals surface area contributed by atoms with E-state index in [1.807, 2.05) is 40.0 Å². The molecule has 0 spiro atoms. The number of benzene rings is 1. The zero-order chi connectivity index (χ0) is 70.8. The van der Waals surface area contributed by atoms with Gasteiger partial charge >= 0.3 is 5.69 Å². The van der Waals surface area contributed by atoms with Crippen LogP contribution in [0.3, 0.4) is 0 Å². The lowest BCUT2D eigenvalue weighted by atomic mass is 10.1. The van der Waals surface area contributed by atoms with Crippen molar-refractivity contribution in [2.45, 2.75) is 58.6 Å². The van der Waals surface area contributed by atoms with Gasteiger partial charge < -0.3 is 52.8 Å². The molecule has 0 atom stereocenters. The highest BCUT2D eigenvalue weighted by atomic mass is 79.9. The lowest BCUT2D eigenvalue weighted by molar-refractivity contribution is -0.383. The molecule has 2 amide bonds. The van der Waals surface area contributed by atoms with Crippen LogP contribution in [0, 0.1) is 33.8 Å². The second kappa shape index (κ2) is 34.9. The molecule has 0 bridgehead atoms. The van der Waals surface area contributed by atoms with Crippen LogP contribution >= 0.6 is 112 Å². The number of amides is 2. The third-order valence-corrected chi connectivity index (χ3v) is 17.3. The predicted octanol–water partition coefficient (Wildman–Crippen LogP) is 13.1. The first-order chi connectivity index (χ1) is 46.0. The van der Waals surface area contributed by atoms with Gasteiger partial charge in [-0.3, -0.25) is 19.7 Å². The molecule has 13 rings (SSSR count). The van der Waals surface area contributed by atoms with Crippen LogP contribution < -0.4 is 27.8 Å². The molecule has 0 aliphatic carbocycles. The molecule has 0 aliphatic rings. The summed E-state index contributed by atoms with van der Waals surface area (Å²) in [6, 6.07) is 8.46. The number of nitrogens with one attached hydrogen (secondary N) is 7. The molecule has 39 heteroatoms. The minimum atomic E-state index is -3.32. The van der Waals surface area contributed by atoms with E-state index in [9.17, 15) is 28.1 Å². The van der Waals surface area contributed by atoms with Crippen LogP contribution in [-0.2, 0) is 19.4 Å². The summed E-state index contributed by atoms with van der Waals surface area (Å²) < 4.78 is 28.9. The molecule has 12 aromatic heterocycles. The van der Waals surface area contributed by atoms with Gasteiger partial charge in [0.25, 0.3) is 0 Å². The summed E-state index contributed by atoms with van der Waals surface area (Å²) >= 11 is 22.2. The summed E-state index contributed by atoms with van der Waals surface area (Å²) in [5.74, 6) is 5.84. The molecular formula is C58H54Br7N25O6S. The Bertz CT molecular complexity index is 5110. The quantitative estimate of drug-likeness (QED) is 0.0384. The number of carbonyl (C=O) groups is 2. The Morgan fingerprint density at radius 3 is 1.49 bits per heavy atom. The van der Waals surface area contributed by atoms with E-state index in [0.717, 1.165) is 21.3 Å². The van der Waals surface area contributed by atoms with E-state index in [4.69, 9.17) is 17.2 Å². The molecule has 13 N–H and O–H groups in total. The highest BCUT2D eigenvalue weighted by Gasteiger charge is 2.21. The minimum Gasteiger partial charge on any atom is -0.396 e. The number of nitro groups is 1. The zero-order valence-corrected chi connectivity index (χ0v) is 63.4. The first-order valence-corrected chi connectivity index (χ1v) is 34.9.